The van der Waals surface area contributed by atoms with E-state index in [9.17, 15) is 4.79 Å². The van der Waals surface area contributed by atoms with Crippen LogP contribution in [0.5, 0.6) is 5.75 Å². The lowest BCUT2D eigenvalue weighted by Crippen LogP contribution is -2.52. The maximum Gasteiger partial charge on any atom is 0.317 e. The van der Waals surface area contributed by atoms with Crippen molar-refractivity contribution in [3.63, 3.8) is 0 Å². The van der Waals surface area contributed by atoms with Crippen LogP contribution in [0.15, 0.2) is 24.3 Å². The van der Waals surface area contributed by atoms with E-state index in [2.05, 4.69) is 10.2 Å². The van der Waals surface area contributed by atoms with Crippen LogP contribution in [-0.4, -0.2) is 68.8 Å². The predicted octanol–water partition coefficient (Wildman–Crippen LogP) is 0.524. The van der Waals surface area contributed by atoms with Gasteiger partial charge < -0.3 is 20.7 Å². The number of nitrogens with one attached hydrogen (secondary N) is 1. The monoisotopic (exact) mass is 306 g/mol. The Bertz CT molecular complexity index is 473. The average Bonchev–Trinajstić information content (AvgIpc) is 2.56. The first-order valence-corrected chi connectivity index (χ1v) is 7.81. The van der Waals surface area contributed by atoms with E-state index in [0.717, 1.165) is 50.5 Å². The van der Waals surface area contributed by atoms with Crippen molar-refractivity contribution in [2.24, 2.45) is 5.73 Å². The third-order valence-electron chi connectivity index (χ3n) is 3.97. The highest BCUT2D eigenvalue weighted by Crippen LogP contribution is 2.17. The molecule has 0 saturated carbocycles. The van der Waals surface area contributed by atoms with E-state index in [0.29, 0.717) is 13.1 Å². The van der Waals surface area contributed by atoms with Gasteiger partial charge in [-0.05, 0) is 18.1 Å². The Morgan fingerprint density at radius 3 is 2.68 bits per heavy atom. The Morgan fingerprint density at radius 2 is 2.00 bits per heavy atom. The van der Waals surface area contributed by atoms with Crippen molar-refractivity contribution in [3.8, 4) is 5.75 Å². The summed E-state index contributed by atoms with van der Waals surface area (Å²) in [6.07, 6.45) is 0.767. The number of amides is 2. The summed E-state index contributed by atoms with van der Waals surface area (Å²) < 4.78 is 5.32. The highest BCUT2D eigenvalue weighted by molar-refractivity contribution is 5.74. The molecule has 2 rings (SSSR count). The van der Waals surface area contributed by atoms with Crippen molar-refractivity contribution >= 4 is 6.03 Å². The number of piperazine rings is 1. The Labute approximate surface area is 132 Å². The van der Waals surface area contributed by atoms with Crippen molar-refractivity contribution in [1.82, 2.24) is 15.1 Å². The van der Waals surface area contributed by atoms with Gasteiger partial charge in [0.25, 0.3) is 0 Å². The minimum Gasteiger partial charge on any atom is -0.496 e. The molecule has 1 aliphatic heterocycles. The number of nitrogens with two attached hydrogens (primary N) is 1. The minimum absolute atomic E-state index is 0.0160. The third kappa shape index (κ3) is 4.61. The predicted molar refractivity (Wildman–Crippen MR) is 87.2 cm³/mol. The van der Waals surface area contributed by atoms with Crippen molar-refractivity contribution < 1.29 is 9.53 Å². The minimum atomic E-state index is 0.0160. The van der Waals surface area contributed by atoms with E-state index in [4.69, 9.17) is 10.5 Å². The van der Waals surface area contributed by atoms with E-state index in [1.54, 1.807) is 7.11 Å². The molecule has 0 unspecified atom stereocenters. The summed E-state index contributed by atoms with van der Waals surface area (Å²) in [7, 11) is 1.66. The Kier molecular flexibility index (Phi) is 6.48. The zero-order chi connectivity index (χ0) is 15.8. The molecule has 6 heteroatoms. The molecule has 122 valence electrons. The van der Waals surface area contributed by atoms with Gasteiger partial charge in [0, 0.05) is 45.8 Å². The molecule has 0 spiro atoms. The lowest BCUT2D eigenvalue weighted by atomic mass is 10.1. The Balaban J connectivity index is 1.72. The molecule has 1 fully saturated rings. The molecule has 1 aliphatic rings. The lowest BCUT2D eigenvalue weighted by Gasteiger charge is -2.34. The van der Waals surface area contributed by atoms with Crippen LogP contribution < -0.4 is 15.8 Å². The molecular formula is C16H26N4O2. The molecule has 1 heterocycles. The highest BCUT2D eigenvalue weighted by atomic mass is 16.5. The van der Waals surface area contributed by atoms with Crippen LogP contribution in [0.3, 0.4) is 0 Å². The summed E-state index contributed by atoms with van der Waals surface area (Å²) in [6, 6.07) is 7.91. The van der Waals surface area contributed by atoms with Gasteiger partial charge in [0.15, 0.2) is 0 Å². The van der Waals surface area contributed by atoms with Gasteiger partial charge in [-0.25, -0.2) is 4.79 Å². The third-order valence-corrected chi connectivity index (χ3v) is 3.97. The second kappa shape index (κ2) is 8.60. The highest BCUT2D eigenvalue weighted by Gasteiger charge is 2.20. The number of ether oxygens (including phenoxy) is 1. The molecule has 0 radical (unpaired) electrons. The van der Waals surface area contributed by atoms with Gasteiger partial charge in [-0.15, -0.1) is 0 Å². The molecule has 0 atom stereocenters. The first kappa shape index (κ1) is 16.6. The van der Waals surface area contributed by atoms with E-state index >= 15 is 0 Å². The summed E-state index contributed by atoms with van der Waals surface area (Å²) >= 11 is 0. The van der Waals surface area contributed by atoms with Crippen LogP contribution in [0.25, 0.3) is 0 Å². The van der Waals surface area contributed by atoms with E-state index in [1.807, 2.05) is 29.2 Å². The first-order valence-electron chi connectivity index (χ1n) is 7.81. The van der Waals surface area contributed by atoms with Gasteiger partial charge in [0.1, 0.15) is 5.75 Å². The standard InChI is InChI=1S/C16H26N4O2/c1-22-15-5-3-2-4-14(15)6-8-18-16(21)20-12-10-19(9-7-17)11-13-20/h2-5H,6-13,17H2,1H3,(H,18,21). The second-order valence-corrected chi connectivity index (χ2v) is 5.41. The molecular weight excluding hydrogens is 280 g/mol. The van der Waals surface area contributed by atoms with Gasteiger partial charge in [-0.2, -0.15) is 0 Å². The van der Waals surface area contributed by atoms with Crippen LogP contribution >= 0.6 is 0 Å². The number of hydrogen-bond acceptors (Lipinski definition) is 4. The first-order chi connectivity index (χ1) is 10.7. The summed E-state index contributed by atoms with van der Waals surface area (Å²) in [5.41, 5.74) is 6.66. The normalized spacial score (nSPS) is 15.6. The summed E-state index contributed by atoms with van der Waals surface area (Å²) in [6.45, 7) is 5.52. The van der Waals surface area contributed by atoms with Crippen molar-refractivity contribution in [1.29, 1.82) is 0 Å². The number of urea groups is 1. The second-order valence-electron chi connectivity index (χ2n) is 5.41. The van der Waals surface area contributed by atoms with E-state index < -0.39 is 0 Å². The summed E-state index contributed by atoms with van der Waals surface area (Å²) in [5, 5.41) is 2.99. The average molecular weight is 306 g/mol. The van der Waals surface area contributed by atoms with Crippen LogP contribution in [0.1, 0.15) is 5.56 Å². The number of para-hydroxylation sites is 1. The molecule has 1 aromatic rings. The van der Waals surface area contributed by atoms with Crippen molar-refractivity contribution in [2.45, 2.75) is 6.42 Å². The zero-order valence-corrected chi connectivity index (χ0v) is 13.3. The van der Waals surface area contributed by atoms with Gasteiger partial charge in [0.05, 0.1) is 7.11 Å². The quantitative estimate of drug-likeness (QED) is 0.804. The van der Waals surface area contributed by atoms with Crippen LogP contribution in [0.2, 0.25) is 0 Å². The Morgan fingerprint density at radius 1 is 1.27 bits per heavy atom. The van der Waals surface area contributed by atoms with E-state index in [1.165, 1.54) is 0 Å². The van der Waals surface area contributed by atoms with Crippen LogP contribution in [0, 0.1) is 0 Å². The van der Waals surface area contributed by atoms with Crippen molar-refractivity contribution in [3.05, 3.63) is 29.8 Å². The SMILES string of the molecule is COc1ccccc1CCNC(=O)N1CCN(CCN)CC1. The molecule has 0 aliphatic carbocycles. The zero-order valence-electron chi connectivity index (χ0n) is 13.3. The largest absolute Gasteiger partial charge is 0.496 e. The number of benzene rings is 1. The molecule has 3 N–H and O–H groups in total. The molecule has 0 bridgehead atoms. The summed E-state index contributed by atoms with van der Waals surface area (Å²) in [5.74, 6) is 0.868. The topological polar surface area (TPSA) is 70.8 Å². The van der Waals surface area contributed by atoms with Crippen LogP contribution in [-0.2, 0) is 6.42 Å². The lowest BCUT2D eigenvalue weighted by molar-refractivity contribution is 0.141. The number of carbonyl (C=O) groups excluding carboxylic acids is 1. The van der Waals surface area contributed by atoms with Gasteiger partial charge in [-0.3, -0.25) is 4.90 Å². The molecule has 0 aromatic heterocycles. The molecule has 6 nitrogen and oxygen atoms in total. The smallest absolute Gasteiger partial charge is 0.317 e. The summed E-state index contributed by atoms with van der Waals surface area (Å²) in [4.78, 5) is 16.3. The van der Waals surface area contributed by atoms with Gasteiger partial charge in [-0.1, -0.05) is 18.2 Å². The fourth-order valence-electron chi connectivity index (χ4n) is 2.68. The fourth-order valence-corrected chi connectivity index (χ4v) is 2.68. The number of carbonyl (C=O) groups is 1. The molecule has 22 heavy (non-hydrogen) atoms. The van der Waals surface area contributed by atoms with Gasteiger partial charge >= 0.3 is 6.03 Å². The number of rotatable bonds is 6. The van der Waals surface area contributed by atoms with E-state index in [-0.39, 0.29) is 6.03 Å². The van der Waals surface area contributed by atoms with Crippen molar-refractivity contribution in [2.75, 3.05) is 52.9 Å². The Hall–Kier alpha value is -1.79. The number of methoxy groups -OCH3 is 1. The number of hydrogen-bond donors (Lipinski definition) is 2. The molecule has 1 aromatic carbocycles. The molecule has 2 amide bonds. The van der Waals surface area contributed by atoms with Gasteiger partial charge in [0.2, 0.25) is 0 Å². The number of nitrogens with zero attached hydrogens (tertiary/aromatic N) is 2. The fraction of sp³-hybridized carbons (Fsp3) is 0.562. The maximum atomic E-state index is 12.1. The maximum absolute atomic E-state index is 12.1. The molecule has 1 saturated heterocycles. The van der Waals surface area contributed by atoms with Crippen LogP contribution in [0.4, 0.5) is 4.79 Å².